The van der Waals surface area contributed by atoms with E-state index in [9.17, 15) is 8.42 Å². The predicted molar refractivity (Wildman–Crippen MR) is 84.8 cm³/mol. The summed E-state index contributed by atoms with van der Waals surface area (Å²) < 4.78 is 26.9. The van der Waals surface area contributed by atoms with E-state index in [0.717, 1.165) is 17.0 Å². The maximum atomic E-state index is 12.4. The number of hydrogen-bond donors (Lipinski definition) is 0. The molecule has 0 radical (unpaired) electrons. The first-order valence-electron chi connectivity index (χ1n) is 5.72. The molecule has 0 amide bonds. The summed E-state index contributed by atoms with van der Waals surface area (Å²) in [5.74, 6) is 0. The third-order valence-electron chi connectivity index (χ3n) is 2.70. The number of rotatable bonds is 5. The highest BCUT2D eigenvalue weighted by atomic mass is 79.9. The maximum absolute atomic E-state index is 12.4. The summed E-state index contributed by atoms with van der Waals surface area (Å²) in [7, 11) is -1.95. The Morgan fingerprint density at radius 3 is 2.75 bits per heavy atom. The van der Waals surface area contributed by atoms with E-state index < -0.39 is 10.0 Å². The van der Waals surface area contributed by atoms with Crippen LogP contribution in [0.4, 0.5) is 0 Å². The molecular weight excluding hydrogens is 384 g/mol. The van der Waals surface area contributed by atoms with E-state index in [-0.39, 0.29) is 4.21 Å². The molecule has 0 bridgehead atoms. The van der Waals surface area contributed by atoms with Gasteiger partial charge in [0.05, 0.1) is 8.81 Å². The number of halogens is 2. The minimum Gasteiger partial charge on any atom is -0.261 e. The number of sulfonamides is 1. The molecule has 0 spiro atoms. The zero-order valence-electron chi connectivity index (χ0n) is 10.6. The fraction of sp³-hybridized carbons (Fsp3) is 0.250. The number of pyridine rings is 1. The van der Waals surface area contributed by atoms with E-state index in [2.05, 4.69) is 20.9 Å². The number of hydrogen-bond acceptors (Lipinski definition) is 4. The van der Waals surface area contributed by atoms with E-state index in [4.69, 9.17) is 11.6 Å². The van der Waals surface area contributed by atoms with Crippen molar-refractivity contribution < 1.29 is 8.42 Å². The number of thiophene rings is 1. The predicted octanol–water partition coefficient (Wildman–Crippen LogP) is 3.42. The first kappa shape index (κ1) is 15.9. The van der Waals surface area contributed by atoms with E-state index in [0.29, 0.717) is 21.8 Å². The molecule has 0 aromatic carbocycles. The van der Waals surface area contributed by atoms with Gasteiger partial charge >= 0.3 is 0 Å². The van der Waals surface area contributed by atoms with Gasteiger partial charge in [-0.25, -0.2) is 8.42 Å². The van der Waals surface area contributed by atoms with Gasteiger partial charge in [-0.15, -0.1) is 11.3 Å². The van der Waals surface area contributed by atoms with E-state index in [1.807, 2.05) is 18.2 Å². The average molecular weight is 396 g/mol. The van der Waals surface area contributed by atoms with Gasteiger partial charge in [-0.05, 0) is 34.1 Å². The van der Waals surface area contributed by atoms with Crippen molar-refractivity contribution in [3.8, 4) is 0 Å². The SMILES string of the molecule is CN(CCc1ccccn1)S(=O)(=O)c1cc(Cl)c(Br)s1. The van der Waals surface area contributed by atoms with Crippen LogP contribution in [-0.4, -0.2) is 31.3 Å². The Kier molecular flexibility index (Phi) is 5.19. The monoisotopic (exact) mass is 394 g/mol. The van der Waals surface area contributed by atoms with Crippen molar-refractivity contribution in [3.63, 3.8) is 0 Å². The van der Waals surface area contributed by atoms with E-state index >= 15 is 0 Å². The van der Waals surface area contributed by atoms with Gasteiger partial charge < -0.3 is 0 Å². The van der Waals surface area contributed by atoms with Crippen LogP contribution in [0.3, 0.4) is 0 Å². The summed E-state index contributed by atoms with van der Waals surface area (Å²) >= 11 is 10.2. The lowest BCUT2D eigenvalue weighted by Crippen LogP contribution is -2.28. The first-order chi connectivity index (χ1) is 9.41. The fourth-order valence-electron chi connectivity index (χ4n) is 1.55. The Labute approximate surface area is 135 Å². The first-order valence-corrected chi connectivity index (χ1v) is 9.15. The van der Waals surface area contributed by atoms with Gasteiger partial charge in [-0.2, -0.15) is 4.31 Å². The Bertz CT molecular complexity index is 669. The van der Waals surface area contributed by atoms with Crippen molar-refractivity contribution in [2.45, 2.75) is 10.6 Å². The molecule has 0 aliphatic carbocycles. The lowest BCUT2D eigenvalue weighted by Gasteiger charge is -2.15. The topological polar surface area (TPSA) is 50.3 Å². The highest BCUT2D eigenvalue weighted by Gasteiger charge is 2.24. The second kappa shape index (κ2) is 6.53. The fourth-order valence-corrected chi connectivity index (χ4v) is 5.33. The van der Waals surface area contributed by atoms with Crippen molar-refractivity contribution >= 4 is 48.9 Å². The smallest absolute Gasteiger partial charge is 0.252 e. The standard InChI is InChI=1S/C12H12BrClN2O2S2/c1-16(7-5-9-4-2-3-6-15-9)20(17,18)11-8-10(14)12(13)19-11/h2-4,6,8H,5,7H2,1H3. The molecule has 0 saturated heterocycles. The number of nitrogens with zero attached hydrogens (tertiary/aromatic N) is 2. The van der Waals surface area contributed by atoms with Gasteiger partial charge in [0.15, 0.2) is 0 Å². The van der Waals surface area contributed by atoms with Crippen LogP contribution in [0.1, 0.15) is 5.69 Å². The molecule has 0 fully saturated rings. The van der Waals surface area contributed by atoms with Crippen LogP contribution in [0, 0.1) is 0 Å². The summed E-state index contributed by atoms with van der Waals surface area (Å²) in [6, 6.07) is 7.05. The molecule has 2 rings (SSSR count). The van der Waals surface area contributed by atoms with Crippen LogP contribution in [0.5, 0.6) is 0 Å². The van der Waals surface area contributed by atoms with Crippen LogP contribution < -0.4 is 0 Å². The summed E-state index contributed by atoms with van der Waals surface area (Å²) in [6.07, 6.45) is 2.26. The van der Waals surface area contributed by atoms with Crippen LogP contribution in [-0.2, 0) is 16.4 Å². The van der Waals surface area contributed by atoms with Crippen LogP contribution in [0.15, 0.2) is 38.5 Å². The van der Waals surface area contributed by atoms with Crippen LogP contribution in [0.25, 0.3) is 0 Å². The third kappa shape index (κ3) is 3.59. The molecule has 4 nitrogen and oxygen atoms in total. The summed E-state index contributed by atoms with van der Waals surface area (Å²) in [6.45, 7) is 0.368. The Hall–Kier alpha value is -0.470. The summed E-state index contributed by atoms with van der Waals surface area (Å²) in [5, 5.41) is 0.409. The normalized spacial score (nSPS) is 12.0. The van der Waals surface area contributed by atoms with Gasteiger partial charge in [-0.3, -0.25) is 4.98 Å². The zero-order chi connectivity index (χ0) is 14.8. The zero-order valence-corrected chi connectivity index (χ0v) is 14.6. The van der Waals surface area contributed by atoms with Crippen molar-refractivity contribution in [3.05, 3.63) is 45.0 Å². The quantitative estimate of drug-likeness (QED) is 0.779. The third-order valence-corrected chi connectivity index (χ3v) is 7.48. The van der Waals surface area contributed by atoms with Gasteiger partial charge in [0.1, 0.15) is 4.21 Å². The molecule has 0 saturated carbocycles. The summed E-state index contributed by atoms with van der Waals surface area (Å²) in [5.41, 5.74) is 0.861. The lowest BCUT2D eigenvalue weighted by molar-refractivity contribution is 0.472. The lowest BCUT2D eigenvalue weighted by atomic mass is 10.3. The second-order valence-electron chi connectivity index (χ2n) is 4.08. The minimum absolute atomic E-state index is 0.234. The molecule has 2 aromatic rings. The molecule has 0 N–H and O–H groups in total. The largest absolute Gasteiger partial charge is 0.261 e. The van der Waals surface area contributed by atoms with Crippen LogP contribution >= 0.6 is 38.9 Å². The highest BCUT2D eigenvalue weighted by Crippen LogP contribution is 2.35. The van der Waals surface area contributed by atoms with Crippen molar-refractivity contribution in [2.24, 2.45) is 0 Å². The Balaban J connectivity index is 2.09. The van der Waals surface area contributed by atoms with Gasteiger partial charge in [0.2, 0.25) is 0 Å². The van der Waals surface area contributed by atoms with Crippen molar-refractivity contribution in [1.29, 1.82) is 0 Å². The molecule has 0 unspecified atom stereocenters. The molecule has 20 heavy (non-hydrogen) atoms. The molecule has 108 valence electrons. The summed E-state index contributed by atoms with van der Waals surface area (Å²) in [4.78, 5) is 4.18. The average Bonchev–Trinajstić information content (AvgIpc) is 2.78. The van der Waals surface area contributed by atoms with E-state index in [1.54, 1.807) is 13.2 Å². The molecule has 2 heterocycles. The van der Waals surface area contributed by atoms with Crippen molar-refractivity contribution in [1.82, 2.24) is 9.29 Å². The molecule has 8 heteroatoms. The molecule has 0 atom stereocenters. The Morgan fingerprint density at radius 1 is 1.45 bits per heavy atom. The molecule has 0 aliphatic heterocycles. The Morgan fingerprint density at radius 2 is 2.20 bits per heavy atom. The highest BCUT2D eigenvalue weighted by molar-refractivity contribution is 9.11. The van der Waals surface area contributed by atoms with Gasteiger partial charge in [-0.1, -0.05) is 17.7 Å². The second-order valence-corrected chi connectivity index (χ2v) is 9.13. The van der Waals surface area contributed by atoms with Crippen LogP contribution in [0.2, 0.25) is 5.02 Å². The van der Waals surface area contributed by atoms with Crippen molar-refractivity contribution in [2.75, 3.05) is 13.6 Å². The molecular formula is C12H12BrClN2O2S2. The van der Waals surface area contributed by atoms with Gasteiger partial charge in [0.25, 0.3) is 10.0 Å². The maximum Gasteiger partial charge on any atom is 0.252 e. The molecule has 2 aromatic heterocycles. The molecule has 0 aliphatic rings. The van der Waals surface area contributed by atoms with E-state index in [1.165, 1.54) is 10.4 Å². The number of likely N-dealkylation sites (N-methyl/N-ethyl adjacent to an activating group) is 1. The number of aromatic nitrogens is 1. The van der Waals surface area contributed by atoms with Gasteiger partial charge in [0, 0.05) is 31.9 Å². The minimum atomic E-state index is -3.50.